The quantitative estimate of drug-likeness (QED) is 0.584. The molecule has 0 radical (unpaired) electrons. The number of carbonyl (C=O) groups excluding carboxylic acids is 1. The fourth-order valence-electron chi connectivity index (χ4n) is 0.372. The molecule has 0 bridgehead atoms. The summed E-state index contributed by atoms with van der Waals surface area (Å²) in [4.78, 5) is 10.5. The van der Waals surface area contributed by atoms with Crippen molar-refractivity contribution < 1.29 is 13.9 Å². The highest BCUT2D eigenvalue weighted by atomic mass is 19.1. The van der Waals surface area contributed by atoms with Crippen molar-refractivity contribution in [2.75, 3.05) is 13.2 Å². The molecule has 0 rings (SSSR count). The van der Waals surface area contributed by atoms with Crippen LogP contribution in [0, 0.1) is 0 Å². The number of rotatable bonds is 4. The van der Waals surface area contributed by atoms with Crippen LogP contribution in [0.5, 0.6) is 0 Å². The minimum atomic E-state index is -0.459. The maximum absolute atomic E-state index is 11.3. The molecule has 0 atom stereocenters. The lowest BCUT2D eigenvalue weighted by Gasteiger charge is -1.97. The predicted molar refractivity (Wildman–Crippen MR) is 34.9 cm³/mol. The Balaban J connectivity index is 3.25. The zero-order valence-corrected chi connectivity index (χ0v) is 5.55. The Hall–Kier alpha value is -0.900. The molecule has 0 aromatic carbocycles. The lowest BCUT2D eigenvalue weighted by atomic mass is 10.4. The smallest absolute Gasteiger partial charge is 0.309 e. The number of carbonyl (C=O) groups is 1. The van der Waals surface area contributed by atoms with Crippen LogP contribution in [0.4, 0.5) is 4.39 Å². The van der Waals surface area contributed by atoms with Crippen molar-refractivity contribution >= 4 is 5.97 Å². The summed E-state index contributed by atoms with van der Waals surface area (Å²) in [6.45, 7) is 0.490. The Morgan fingerprint density at radius 1 is 1.70 bits per heavy atom. The van der Waals surface area contributed by atoms with Gasteiger partial charge in [-0.3, -0.25) is 4.79 Å². The van der Waals surface area contributed by atoms with E-state index in [1.807, 2.05) is 0 Å². The standard InChI is InChI=1S/C6H10FNO2/c7-3-1-2-6(9)10-5-4-8/h1,3H,2,4-5,8H2. The van der Waals surface area contributed by atoms with Crippen LogP contribution in [0.2, 0.25) is 0 Å². The second-order valence-electron chi connectivity index (χ2n) is 1.57. The predicted octanol–water partition coefficient (Wildman–Crippen LogP) is 0.362. The number of halogens is 1. The number of nitrogens with two attached hydrogens (primary N) is 1. The molecule has 0 aliphatic heterocycles. The van der Waals surface area contributed by atoms with Gasteiger partial charge in [-0.2, -0.15) is 0 Å². The fourth-order valence-corrected chi connectivity index (χ4v) is 0.372. The second-order valence-corrected chi connectivity index (χ2v) is 1.57. The first-order valence-corrected chi connectivity index (χ1v) is 2.92. The van der Waals surface area contributed by atoms with Crippen molar-refractivity contribution in [2.24, 2.45) is 5.73 Å². The summed E-state index contributed by atoms with van der Waals surface area (Å²) in [5, 5.41) is 0. The van der Waals surface area contributed by atoms with Gasteiger partial charge in [0.2, 0.25) is 0 Å². The summed E-state index contributed by atoms with van der Waals surface area (Å²) in [5.74, 6) is -0.459. The zero-order chi connectivity index (χ0) is 7.82. The van der Waals surface area contributed by atoms with Crippen LogP contribution in [0.25, 0.3) is 0 Å². The summed E-state index contributed by atoms with van der Waals surface area (Å²) in [7, 11) is 0. The van der Waals surface area contributed by atoms with Crippen LogP contribution < -0.4 is 5.73 Å². The van der Waals surface area contributed by atoms with Gasteiger partial charge >= 0.3 is 5.97 Å². The van der Waals surface area contributed by atoms with Crippen LogP contribution in [0.15, 0.2) is 12.4 Å². The molecular formula is C6H10FNO2. The zero-order valence-electron chi connectivity index (χ0n) is 5.55. The fraction of sp³-hybridized carbons (Fsp3) is 0.500. The van der Waals surface area contributed by atoms with Gasteiger partial charge in [0.25, 0.3) is 0 Å². The van der Waals surface area contributed by atoms with Crippen LogP contribution in [-0.4, -0.2) is 19.1 Å². The Morgan fingerprint density at radius 3 is 2.90 bits per heavy atom. The summed E-state index contributed by atoms with van der Waals surface area (Å²) in [6, 6.07) is 0. The Bertz CT molecular complexity index is 125. The van der Waals surface area contributed by atoms with Crippen molar-refractivity contribution in [1.29, 1.82) is 0 Å². The second kappa shape index (κ2) is 6.22. The number of hydrogen-bond acceptors (Lipinski definition) is 3. The molecule has 0 saturated carbocycles. The Kier molecular flexibility index (Phi) is 5.66. The normalized spacial score (nSPS) is 10.2. The molecule has 0 unspecified atom stereocenters. The van der Waals surface area contributed by atoms with Gasteiger partial charge in [0, 0.05) is 6.54 Å². The van der Waals surface area contributed by atoms with E-state index in [-0.39, 0.29) is 13.0 Å². The highest BCUT2D eigenvalue weighted by Crippen LogP contribution is 1.87. The van der Waals surface area contributed by atoms with Gasteiger partial charge < -0.3 is 10.5 Å². The lowest BCUT2D eigenvalue weighted by molar-refractivity contribution is -0.142. The van der Waals surface area contributed by atoms with E-state index in [1.165, 1.54) is 0 Å². The molecule has 0 aliphatic rings. The molecule has 4 heteroatoms. The Morgan fingerprint density at radius 2 is 2.40 bits per heavy atom. The molecule has 2 N–H and O–H groups in total. The summed E-state index contributed by atoms with van der Waals surface area (Å²) < 4.78 is 15.8. The van der Waals surface area contributed by atoms with E-state index in [4.69, 9.17) is 5.73 Å². The van der Waals surface area contributed by atoms with Crippen LogP contribution >= 0.6 is 0 Å². The molecule has 0 fully saturated rings. The first-order valence-electron chi connectivity index (χ1n) is 2.92. The van der Waals surface area contributed by atoms with Crippen molar-refractivity contribution in [3.8, 4) is 0 Å². The number of esters is 1. The summed E-state index contributed by atoms with van der Waals surface area (Å²) >= 11 is 0. The highest BCUT2D eigenvalue weighted by Gasteiger charge is 1.96. The number of hydrogen-bond donors (Lipinski definition) is 1. The molecule has 3 nitrogen and oxygen atoms in total. The van der Waals surface area contributed by atoms with Gasteiger partial charge in [-0.15, -0.1) is 0 Å². The minimum absolute atomic E-state index is 0.0312. The number of ether oxygens (including phenoxy) is 1. The van der Waals surface area contributed by atoms with Gasteiger partial charge in [-0.05, 0) is 6.08 Å². The molecule has 0 aromatic heterocycles. The van der Waals surface area contributed by atoms with Crippen LogP contribution in [-0.2, 0) is 9.53 Å². The maximum Gasteiger partial charge on any atom is 0.309 e. The lowest BCUT2D eigenvalue weighted by Crippen LogP contribution is -2.12. The summed E-state index contributed by atoms with van der Waals surface area (Å²) in [5.41, 5.74) is 5.04. The molecule has 0 heterocycles. The van der Waals surface area contributed by atoms with Crippen molar-refractivity contribution in [3.63, 3.8) is 0 Å². The van der Waals surface area contributed by atoms with E-state index in [0.29, 0.717) is 12.9 Å². The molecule has 58 valence electrons. The van der Waals surface area contributed by atoms with Gasteiger partial charge in [-0.1, -0.05) is 0 Å². The molecule has 0 saturated heterocycles. The van der Waals surface area contributed by atoms with E-state index in [1.54, 1.807) is 0 Å². The van der Waals surface area contributed by atoms with Gasteiger partial charge in [0.1, 0.15) is 6.61 Å². The molecule has 0 aliphatic carbocycles. The Labute approximate surface area is 58.7 Å². The first kappa shape index (κ1) is 9.10. The van der Waals surface area contributed by atoms with E-state index >= 15 is 0 Å². The van der Waals surface area contributed by atoms with Crippen LogP contribution in [0.3, 0.4) is 0 Å². The topological polar surface area (TPSA) is 52.3 Å². The van der Waals surface area contributed by atoms with E-state index in [9.17, 15) is 9.18 Å². The largest absolute Gasteiger partial charge is 0.464 e. The van der Waals surface area contributed by atoms with Crippen molar-refractivity contribution in [1.82, 2.24) is 0 Å². The van der Waals surface area contributed by atoms with Crippen LogP contribution in [0.1, 0.15) is 6.42 Å². The van der Waals surface area contributed by atoms with Gasteiger partial charge in [0.05, 0.1) is 12.8 Å². The maximum atomic E-state index is 11.3. The monoisotopic (exact) mass is 147 g/mol. The molecule has 0 amide bonds. The van der Waals surface area contributed by atoms with Crippen molar-refractivity contribution in [2.45, 2.75) is 6.42 Å². The first-order chi connectivity index (χ1) is 4.81. The van der Waals surface area contributed by atoms with E-state index < -0.39 is 5.97 Å². The van der Waals surface area contributed by atoms with Gasteiger partial charge in [0.15, 0.2) is 0 Å². The SMILES string of the molecule is NCCOC(=O)CC=CF. The van der Waals surface area contributed by atoms with Crippen molar-refractivity contribution in [3.05, 3.63) is 12.4 Å². The molecule has 10 heavy (non-hydrogen) atoms. The third kappa shape index (κ3) is 5.24. The minimum Gasteiger partial charge on any atom is -0.464 e. The third-order valence-electron chi connectivity index (χ3n) is 0.755. The average Bonchev–Trinajstić information content (AvgIpc) is 1.97. The average molecular weight is 147 g/mol. The molecule has 0 aromatic rings. The summed E-state index contributed by atoms with van der Waals surface area (Å²) in [6.07, 6.45) is 1.36. The highest BCUT2D eigenvalue weighted by molar-refractivity contribution is 5.70. The third-order valence-corrected chi connectivity index (χ3v) is 0.755. The van der Waals surface area contributed by atoms with Gasteiger partial charge in [-0.25, -0.2) is 4.39 Å². The van der Waals surface area contributed by atoms with E-state index in [0.717, 1.165) is 6.08 Å². The van der Waals surface area contributed by atoms with E-state index in [2.05, 4.69) is 4.74 Å². The molecular weight excluding hydrogens is 137 g/mol. The molecule has 0 spiro atoms.